The van der Waals surface area contributed by atoms with E-state index in [9.17, 15) is 9.59 Å². The number of nitrogens with one attached hydrogen (secondary N) is 1. The Morgan fingerprint density at radius 1 is 1.59 bits per heavy atom. The molecule has 6 nitrogen and oxygen atoms in total. The van der Waals surface area contributed by atoms with Crippen molar-refractivity contribution in [3.63, 3.8) is 0 Å². The third-order valence-electron chi connectivity index (χ3n) is 2.38. The molecule has 1 amide bonds. The lowest BCUT2D eigenvalue weighted by Gasteiger charge is -2.12. The van der Waals surface area contributed by atoms with Crippen LogP contribution in [0.1, 0.15) is 6.42 Å². The van der Waals surface area contributed by atoms with Crippen LogP contribution >= 0.6 is 0 Å². The fraction of sp³-hybridized carbons (Fsp3) is 0.455. The summed E-state index contributed by atoms with van der Waals surface area (Å²) >= 11 is 0. The van der Waals surface area contributed by atoms with E-state index in [4.69, 9.17) is 10.5 Å². The fourth-order valence-electron chi connectivity index (χ4n) is 1.35. The normalized spacial score (nSPS) is 12.2. The lowest BCUT2D eigenvalue weighted by Crippen LogP contribution is -2.28. The van der Waals surface area contributed by atoms with Crippen LogP contribution in [-0.4, -0.2) is 30.2 Å². The van der Waals surface area contributed by atoms with E-state index in [-0.39, 0.29) is 30.5 Å². The van der Waals surface area contributed by atoms with Crippen LogP contribution in [0.4, 0.5) is 5.69 Å². The minimum atomic E-state index is -0.289. The van der Waals surface area contributed by atoms with Crippen molar-refractivity contribution >= 4 is 11.6 Å². The Morgan fingerprint density at radius 3 is 2.82 bits per heavy atom. The zero-order chi connectivity index (χ0) is 12.8. The molecule has 0 saturated heterocycles. The van der Waals surface area contributed by atoms with Crippen LogP contribution in [0.15, 0.2) is 23.1 Å². The Kier molecular flexibility index (Phi) is 4.86. The minimum Gasteiger partial charge on any atom is -0.380 e. The van der Waals surface area contributed by atoms with Crippen LogP contribution < -0.4 is 16.6 Å². The number of carbonyl (C=O) groups is 1. The highest BCUT2D eigenvalue weighted by Crippen LogP contribution is 2.04. The first-order valence-corrected chi connectivity index (χ1v) is 5.26. The van der Waals surface area contributed by atoms with Gasteiger partial charge in [-0.3, -0.25) is 9.59 Å². The van der Waals surface area contributed by atoms with E-state index in [2.05, 4.69) is 5.32 Å². The molecule has 0 aliphatic heterocycles. The van der Waals surface area contributed by atoms with Gasteiger partial charge in [0.15, 0.2) is 0 Å². The zero-order valence-corrected chi connectivity index (χ0v) is 9.97. The van der Waals surface area contributed by atoms with Gasteiger partial charge in [-0.05, 0) is 6.07 Å². The predicted octanol–water partition coefficient (Wildman–Crippen LogP) is -0.312. The quantitative estimate of drug-likeness (QED) is 0.737. The van der Waals surface area contributed by atoms with Gasteiger partial charge in [0.25, 0.3) is 0 Å². The molecule has 1 rings (SSSR count). The van der Waals surface area contributed by atoms with Crippen molar-refractivity contribution in [2.45, 2.75) is 12.5 Å². The summed E-state index contributed by atoms with van der Waals surface area (Å²) in [6, 6.07) is 2.96. The first-order valence-electron chi connectivity index (χ1n) is 5.26. The summed E-state index contributed by atoms with van der Waals surface area (Å²) in [4.78, 5) is 22.7. The van der Waals surface area contributed by atoms with Crippen molar-refractivity contribution in [1.29, 1.82) is 0 Å². The Morgan fingerprint density at radius 2 is 2.29 bits per heavy atom. The van der Waals surface area contributed by atoms with E-state index < -0.39 is 0 Å². The minimum absolute atomic E-state index is 0.125. The second-order valence-corrected chi connectivity index (χ2v) is 3.71. The number of nitrogens with two attached hydrogens (primary N) is 1. The van der Waals surface area contributed by atoms with Gasteiger partial charge in [0.1, 0.15) is 0 Å². The van der Waals surface area contributed by atoms with Crippen LogP contribution in [-0.2, 0) is 16.6 Å². The molecule has 0 aromatic carbocycles. The summed E-state index contributed by atoms with van der Waals surface area (Å²) in [5, 5.41) is 2.67. The summed E-state index contributed by atoms with van der Waals surface area (Å²) in [6.45, 7) is 0.289. The zero-order valence-electron chi connectivity index (χ0n) is 9.97. The molecule has 1 atom stereocenters. The lowest BCUT2D eigenvalue weighted by molar-refractivity contribution is -0.118. The van der Waals surface area contributed by atoms with Gasteiger partial charge in [-0.2, -0.15) is 0 Å². The van der Waals surface area contributed by atoms with E-state index >= 15 is 0 Å². The maximum absolute atomic E-state index is 11.6. The summed E-state index contributed by atoms with van der Waals surface area (Å²) in [6.07, 6.45) is 1.46. The number of hydrogen-bond acceptors (Lipinski definition) is 4. The molecule has 3 N–H and O–H groups in total. The number of ether oxygens (including phenoxy) is 1. The second kappa shape index (κ2) is 6.17. The average molecular weight is 239 g/mol. The topological polar surface area (TPSA) is 86.3 Å². The molecule has 1 unspecified atom stereocenters. The van der Waals surface area contributed by atoms with Crippen molar-refractivity contribution in [2.75, 3.05) is 19.0 Å². The number of pyridine rings is 1. The Bertz CT molecular complexity index is 438. The van der Waals surface area contributed by atoms with Crippen molar-refractivity contribution in [1.82, 2.24) is 4.57 Å². The number of nitrogens with zero attached hydrogens (tertiary/aromatic N) is 1. The van der Waals surface area contributed by atoms with Gasteiger partial charge in [-0.25, -0.2) is 0 Å². The number of amides is 1. The molecule has 0 radical (unpaired) electrons. The number of methoxy groups -OCH3 is 1. The Balaban J connectivity index is 2.62. The number of carbonyl (C=O) groups excluding carboxylic acids is 1. The van der Waals surface area contributed by atoms with Crippen LogP contribution in [0.5, 0.6) is 0 Å². The molecular formula is C11H17N3O3. The molecule has 0 spiro atoms. The summed E-state index contributed by atoms with van der Waals surface area (Å²) in [5.41, 5.74) is 5.87. The fourth-order valence-corrected chi connectivity index (χ4v) is 1.35. The largest absolute Gasteiger partial charge is 0.380 e. The van der Waals surface area contributed by atoms with E-state index in [1.807, 2.05) is 0 Å². The third-order valence-corrected chi connectivity index (χ3v) is 2.38. The number of anilines is 1. The highest BCUT2D eigenvalue weighted by atomic mass is 16.5. The number of aromatic nitrogens is 1. The molecule has 6 heteroatoms. The molecule has 1 aromatic heterocycles. The molecule has 0 aliphatic rings. The van der Waals surface area contributed by atoms with Crippen LogP contribution in [0.2, 0.25) is 0 Å². The number of rotatable bonds is 5. The van der Waals surface area contributed by atoms with Gasteiger partial charge in [0.2, 0.25) is 11.5 Å². The molecule has 0 bridgehead atoms. The molecule has 1 aromatic rings. The average Bonchev–Trinajstić information content (AvgIpc) is 2.31. The van der Waals surface area contributed by atoms with Crippen molar-refractivity contribution < 1.29 is 9.53 Å². The number of aryl methyl sites for hydroxylation is 1. The standard InChI is InChI=1S/C11H17N3O3/c1-14-7-8(3-4-11(14)16)13-10(15)5-9(6-12)17-2/h3-4,7,9H,5-6,12H2,1-2H3,(H,13,15). The van der Waals surface area contributed by atoms with E-state index in [0.29, 0.717) is 5.69 Å². The van der Waals surface area contributed by atoms with Gasteiger partial charge in [0.05, 0.1) is 18.2 Å². The smallest absolute Gasteiger partial charge is 0.250 e. The molecule has 0 fully saturated rings. The Hall–Kier alpha value is -1.66. The highest BCUT2D eigenvalue weighted by Gasteiger charge is 2.11. The van der Waals surface area contributed by atoms with E-state index in [1.54, 1.807) is 19.3 Å². The first-order chi connectivity index (χ1) is 8.06. The highest BCUT2D eigenvalue weighted by molar-refractivity contribution is 5.90. The lowest BCUT2D eigenvalue weighted by atomic mass is 10.2. The molecule has 0 saturated carbocycles. The first kappa shape index (κ1) is 13.4. The van der Waals surface area contributed by atoms with Crippen LogP contribution in [0, 0.1) is 0 Å². The molecule has 1 heterocycles. The summed E-state index contributed by atoms with van der Waals surface area (Å²) in [7, 11) is 3.13. The SMILES string of the molecule is COC(CN)CC(=O)Nc1ccc(=O)n(C)c1. The maximum atomic E-state index is 11.6. The van der Waals surface area contributed by atoms with Gasteiger partial charge in [0, 0.05) is 33.0 Å². The summed E-state index contributed by atoms with van der Waals surface area (Å²) in [5.74, 6) is -0.194. The van der Waals surface area contributed by atoms with Crippen molar-refractivity contribution in [3.05, 3.63) is 28.7 Å². The van der Waals surface area contributed by atoms with Crippen molar-refractivity contribution in [3.8, 4) is 0 Å². The molecule has 0 aliphatic carbocycles. The van der Waals surface area contributed by atoms with Crippen LogP contribution in [0.3, 0.4) is 0 Å². The molecule has 94 valence electrons. The van der Waals surface area contributed by atoms with Gasteiger partial charge in [-0.1, -0.05) is 0 Å². The maximum Gasteiger partial charge on any atom is 0.250 e. The van der Waals surface area contributed by atoms with Gasteiger partial charge in [-0.15, -0.1) is 0 Å². The second-order valence-electron chi connectivity index (χ2n) is 3.71. The summed E-state index contributed by atoms with van der Waals surface area (Å²) < 4.78 is 6.40. The van der Waals surface area contributed by atoms with Gasteiger partial charge >= 0.3 is 0 Å². The predicted molar refractivity (Wildman–Crippen MR) is 64.8 cm³/mol. The van der Waals surface area contributed by atoms with E-state index in [0.717, 1.165) is 0 Å². The number of hydrogen-bond donors (Lipinski definition) is 2. The third kappa shape index (κ3) is 4.01. The van der Waals surface area contributed by atoms with E-state index in [1.165, 1.54) is 17.7 Å². The Labute approximate surface area is 99.4 Å². The van der Waals surface area contributed by atoms with Crippen LogP contribution in [0.25, 0.3) is 0 Å². The van der Waals surface area contributed by atoms with Gasteiger partial charge < -0.3 is 20.4 Å². The molecule has 17 heavy (non-hydrogen) atoms. The van der Waals surface area contributed by atoms with Crippen molar-refractivity contribution in [2.24, 2.45) is 12.8 Å². The molecular weight excluding hydrogens is 222 g/mol. The monoisotopic (exact) mass is 239 g/mol.